The maximum atomic E-state index is 12.7. The number of phenols is 2. The normalized spacial score (nSPS) is 13.5. The third-order valence-electron chi connectivity index (χ3n) is 8.51. The van der Waals surface area contributed by atoms with Crippen LogP contribution in [0.4, 0.5) is 0 Å². The van der Waals surface area contributed by atoms with Gasteiger partial charge in [-0.05, 0) is 164 Å². The van der Waals surface area contributed by atoms with Gasteiger partial charge in [-0.15, -0.1) is 0 Å². The Morgan fingerprint density at radius 1 is 0.596 bits per heavy atom. The fraction of sp³-hybridized carbons (Fsp3) is 0.561. The van der Waals surface area contributed by atoms with Crippen molar-refractivity contribution in [3.05, 3.63) is 59.7 Å². The van der Waals surface area contributed by atoms with Crippen molar-refractivity contribution in [3.63, 3.8) is 0 Å². The van der Waals surface area contributed by atoms with E-state index in [1.54, 1.807) is 42.5 Å². The summed E-state index contributed by atoms with van der Waals surface area (Å²) in [6.45, 7) is 30.9. The molecule has 10 nitrogen and oxygen atoms in total. The maximum absolute atomic E-state index is 12.7. The van der Waals surface area contributed by atoms with Gasteiger partial charge in [0.25, 0.3) is 0 Å². The fourth-order valence-electron chi connectivity index (χ4n) is 7.10. The van der Waals surface area contributed by atoms with Crippen molar-refractivity contribution in [3.8, 4) is 23.0 Å². The number of ketones is 2. The Morgan fingerprint density at radius 2 is 0.982 bits per heavy atom. The van der Waals surface area contributed by atoms with Gasteiger partial charge in [0.05, 0.1) is 19.6 Å². The standard InChI is InChI=1S/C41H72O10Si6/c1-46-40-30-33(22-26-38(40)44)20-24-35(42)32-36(43)25-21-34-23-27-39(45)41(31-34)47-37(18-16-28-54(8,9)50-56(12,13)48-52(2,3)4)19-17-29-55(10,11)51-57(14,15)49-53(5,6)7/h20-27,30-31,37,44-45H,16-19,28-29,32H2,1-15H3. The molecule has 2 aromatic rings. The van der Waals surface area contributed by atoms with E-state index in [4.69, 9.17) is 25.9 Å². The molecule has 0 fully saturated rings. The third kappa shape index (κ3) is 21.4. The molecule has 16 heteroatoms. The summed E-state index contributed by atoms with van der Waals surface area (Å²) in [4.78, 5) is 25.3. The van der Waals surface area contributed by atoms with Crippen molar-refractivity contribution < 1.29 is 45.7 Å². The molecular weight excluding hydrogens is 821 g/mol. The first-order valence-electron chi connectivity index (χ1n) is 20.1. The van der Waals surface area contributed by atoms with Crippen LogP contribution in [0.15, 0.2) is 48.6 Å². The molecule has 320 valence electrons. The number of methoxy groups -OCH3 is 1. The third-order valence-corrected chi connectivity index (χ3v) is 28.8. The van der Waals surface area contributed by atoms with Crippen LogP contribution in [0.2, 0.25) is 104 Å². The SMILES string of the molecule is COc1cc(C=CC(=O)CC(=O)C=Cc2ccc(O)c(OC(CCC[Si](C)(C)O[Si](C)(C)O[Si](C)(C)C)CCC[Si](C)(C)O[Si](C)(C)O[Si](C)(C)C)c2)ccc1O. The maximum Gasteiger partial charge on any atom is 0.311 e. The zero-order valence-electron chi connectivity index (χ0n) is 37.5. The number of allylic oxidation sites excluding steroid dienone is 2. The summed E-state index contributed by atoms with van der Waals surface area (Å²) in [5.41, 5.74) is 1.33. The largest absolute Gasteiger partial charge is 0.504 e. The zero-order valence-corrected chi connectivity index (χ0v) is 43.5. The molecule has 0 aromatic heterocycles. The molecule has 0 bridgehead atoms. The molecule has 0 amide bonds. The molecule has 2 rings (SSSR count). The predicted octanol–water partition coefficient (Wildman–Crippen LogP) is 11.2. The first-order valence-corrected chi connectivity index (χ1v) is 38.7. The van der Waals surface area contributed by atoms with Gasteiger partial charge in [-0.25, -0.2) is 0 Å². The number of benzene rings is 2. The number of hydrogen-bond acceptors (Lipinski definition) is 10. The summed E-state index contributed by atoms with van der Waals surface area (Å²) < 4.78 is 38.3. The monoisotopic (exact) mass is 892 g/mol. The van der Waals surface area contributed by atoms with Crippen molar-refractivity contribution in [1.82, 2.24) is 0 Å². The van der Waals surface area contributed by atoms with E-state index >= 15 is 0 Å². The van der Waals surface area contributed by atoms with Crippen LogP contribution >= 0.6 is 0 Å². The van der Waals surface area contributed by atoms with Crippen molar-refractivity contribution in [2.24, 2.45) is 0 Å². The molecule has 0 unspecified atom stereocenters. The van der Waals surface area contributed by atoms with Crippen molar-refractivity contribution in [2.75, 3.05) is 7.11 Å². The van der Waals surface area contributed by atoms with Crippen molar-refractivity contribution >= 4 is 74.1 Å². The Kier molecular flexibility index (Phi) is 18.9. The number of phenolic OH excluding ortho intramolecular Hbond substituents is 2. The summed E-state index contributed by atoms with van der Waals surface area (Å²) in [5.74, 6) is -0.0358. The van der Waals surface area contributed by atoms with Crippen LogP contribution in [0, 0.1) is 0 Å². The van der Waals surface area contributed by atoms with E-state index in [0.717, 1.165) is 37.8 Å². The average Bonchev–Trinajstić information content (AvgIpc) is 3.00. The highest BCUT2D eigenvalue weighted by molar-refractivity contribution is 6.88. The zero-order chi connectivity index (χ0) is 43.5. The highest BCUT2D eigenvalue weighted by Gasteiger charge is 2.39. The molecule has 0 aliphatic heterocycles. The second-order valence-electron chi connectivity index (χ2n) is 18.9. The minimum Gasteiger partial charge on any atom is -0.504 e. The van der Waals surface area contributed by atoms with Crippen LogP contribution in [0.1, 0.15) is 43.2 Å². The van der Waals surface area contributed by atoms with E-state index in [2.05, 4.69) is 91.7 Å². The number of carbonyl (C=O) groups excluding carboxylic acids is 2. The van der Waals surface area contributed by atoms with E-state index in [-0.39, 0.29) is 35.6 Å². The highest BCUT2D eigenvalue weighted by Crippen LogP contribution is 2.33. The van der Waals surface area contributed by atoms with Gasteiger partial charge in [-0.3, -0.25) is 9.59 Å². The van der Waals surface area contributed by atoms with E-state index in [0.29, 0.717) is 22.6 Å². The molecule has 0 saturated heterocycles. The van der Waals surface area contributed by atoms with Crippen LogP contribution < -0.4 is 9.47 Å². The predicted molar refractivity (Wildman–Crippen MR) is 249 cm³/mol. The molecular formula is C41H72O10Si6. The van der Waals surface area contributed by atoms with Gasteiger partial charge in [-0.1, -0.05) is 37.1 Å². The number of aromatic hydroxyl groups is 2. The Bertz CT molecular complexity index is 1650. The molecule has 57 heavy (non-hydrogen) atoms. The quantitative estimate of drug-likeness (QED) is 0.0564. The summed E-state index contributed by atoms with van der Waals surface area (Å²) in [6, 6.07) is 11.7. The van der Waals surface area contributed by atoms with Gasteiger partial charge >= 0.3 is 17.1 Å². The van der Waals surface area contributed by atoms with Gasteiger partial charge in [-0.2, -0.15) is 0 Å². The molecule has 0 saturated carbocycles. The van der Waals surface area contributed by atoms with Crippen LogP contribution in [0.25, 0.3) is 12.2 Å². The summed E-state index contributed by atoms with van der Waals surface area (Å²) >= 11 is 0. The Hall–Kier alpha value is -2.40. The minimum absolute atomic E-state index is 0.000597. The number of carbonyl (C=O) groups is 2. The number of hydrogen-bond donors (Lipinski definition) is 2. The molecule has 0 aliphatic rings. The lowest BCUT2D eigenvalue weighted by Gasteiger charge is -2.38. The topological polar surface area (TPSA) is 130 Å². The van der Waals surface area contributed by atoms with Crippen molar-refractivity contribution in [1.29, 1.82) is 0 Å². The summed E-state index contributed by atoms with van der Waals surface area (Å²) in [5, 5.41) is 20.7. The van der Waals surface area contributed by atoms with Gasteiger partial charge < -0.3 is 36.1 Å². The van der Waals surface area contributed by atoms with E-state index < -0.39 is 50.4 Å². The molecule has 0 atom stereocenters. The lowest BCUT2D eigenvalue weighted by Crippen LogP contribution is -2.51. The molecule has 2 aromatic carbocycles. The van der Waals surface area contributed by atoms with Gasteiger partial charge in [0.1, 0.15) is 0 Å². The Labute approximate surface area is 350 Å². The highest BCUT2D eigenvalue weighted by atomic mass is 28.5. The smallest absolute Gasteiger partial charge is 0.311 e. The lowest BCUT2D eigenvalue weighted by molar-refractivity contribution is -0.121. The number of ether oxygens (including phenoxy) is 2. The van der Waals surface area contributed by atoms with Crippen LogP contribution in [0.3, 0.4) is 0 Å². The first kappa shape index (κ1) is 50.7. The van der Waals surface area contributed by atoms with Gasteiger partial charge in [0.2, 0.25) is 0 Å². The molecule has 0 aliphatic carbocycles. The van der Waals surface area contributed by atoms with Gasteiger partial charge in [0.15, 0.2) is 67.8 Å². The lowest BCUT2D eigenvalue weighted by atomic mass is 10.1. The molecule has 0 radical (unpaired) electrons. The second-order valence-corrected chi connectivity index (χ2v) is 44.3. The number of rotatable bonds is 25. The summed E-state index contributed by atoms with van der Waals surface area (Å²) in [7, 11) is -10.6. The second kappa shape index (κ2) is 21.2. The van der Waals surface area contributed by atoms with Crippen molar-refractivity contribution in [2.45, 2.75) is 142 Å². The van der Waals surface area contributed by atoms with Gasteiger partial charge in [0, 0.05) is 0 Å². The van der Waals surface area contributed by atoms with Crippen LogP contribution in [0.5, 0.6) is 23.0 Å². The Morgan fingerprint density at radius 3 is 1.37 bits per heavy atom. The molecule has 0 spiro atoms. The first-order chi connectivity index (χ1) is 26.0. The van der Waals surface area contributed by atoms with Crippen LogP contribution in [-0.2, 0) is 26.0 Å². The summed E-state index contributed by atoms with van der Waals surface area (Å²) in [6.07, 6.45) is 8.88. The molecule has 2 N–H and O–H groups in total. The fourth-order valence-corrected chi connectivity index (χ4v) is 33.6. The average molecular weight is 894 g/mol. The Balaban J connectivity index is 2.18. The minimum atomic E-state index is -2.27. The van der Waals surface area contributed by atoms with E-state index in [1.165, 1.54) is 25.3 Å². The van der Waals surface area contributed by atoms with E-state index in [1.807, 2.05) is 0 Å². The molecule has 0 heterocycles. The van der Waals surface area contributed by atoms with Crippen LogP contribution in [-0.4, -0.2) is 85.4 Å². The van der Waals surface area contributed by atoms with E-state index in [9.17, 15) is 19.8 Å².